The van der Waals surface area contributed by atoms with E-state index in [-0.39, 0.29) is 5.69 Å². The molecule has 1 rings (SSSR count). The maximum Gasteiger partial charge on any atom is 0.349 e. The van der Waals surface area contributed by atoms with Crippen LogP contribution in [0.15, 0.2) is 28.7 Å². The van der Waals surface area contributed by atoms with Crippen molar-refractivity contribution >= 4 is 5.82 Å². The third-order valence-corrected chi connectivity index (χ3v) is 5.74. The highest BCUT2D eigenvalue weighted by molar-refractivity contribution is 5.26. The van der Waals surface area contributed by atoms with E-state index in [4.69, 9.17) is 5.73 Å². The van der Waals surface area contributed by atoms with Gasteiger partial charge >= 0.3 is 5.69 Å². The van der Waals surface area contributed by atoms with Crippen LogP contribution in [0.1, 0.15) is 92.4 Å². The number of allylic oxidation sites excluding steroid dienone is 2. The summed E-state index contributed by atoms with van der Waals surface area (Å²) in [7, 11) is 0. The highest BCUT2D eigenvalue weighted by atomic mass is 16.1. The lowest BCUT2D eigenvalue weighted by Gasteiger charge is -2.15. The van der Waals surface area contributed by atoms with Crippen LogP contribution in [0.25, 0.3) is 0 Å². The number of nitrogen functional groups attached to an aromatic ring is 1. The topological polar surface area (TPSA) is 60.9 Å². The lowest BCUT2D eigenvalue weighted by molar-refractivity contribution is 0.389. The van der Waals surface area contributed by atoms with E-state index in [2.05, 4.69) is 45.7 Å². The van der Waals surface area contributed by atoms with Crippen molar-refractivity contribution in [1.82, 2.24) is 9.55 Å². The first kappa shape index (κ1) is 24.5. The molecule has 0 saturated carbocycles. The molecule has 0 aliphatic carbocycles. The van der Waals surface area contributed by atoms with Crippen molar-refractivity contribution < 1.29 is 0 Å². The van der Waals surface area contributed by atoms with Crippen LogP contribution in [-0.4, -0.2) is 9.55 Å². The molecule has 0 aliphatic rings. The van der Waals surface area contributed by atoms with Crippen LogP contribution in [0.5, 0.6) is 0 Å². The van der Waals surface area contributed by atoms with Crippen molar-refractivity contribution in [3.63, 3.8) is 0 Å². The van der Waals surface area contributed by atoms with Gasteiger partial charge in [-0.1, -0.05) is 84.3 Å². The number of nitrogens with two attached hydrogens (primary N) is 1. The minimum absolute atomic E-state index is 0.281. The third-order valence-electron chi connectivity index (χ3n) is 5.74. The molecule has 2 unspecified atom stereocenters. The summed E-state index contributed by atoms with van der Waals surface area (Å²) in [6.07, 6.45) is 15.4. The van der Waals surface area contributed by atoms with E-state index >= 15 is 0 Å². The Morgan fingerprint density at radius 1 is 1.04 bits per heavy atom. The molecule has 4 heteroatoms. The van der Waals surface area contributed by atoms with Crippen LogP contribution in [0.3, 0.4) is 0 Å². The molecule has 0 radical (unpaired) electrons. The van der Waals surface area contributed by atoms with E-state index < -0.39 is 0 Å². The Morgan fingerprint density at radius 2 is 1.61 bits per heavy atom. The summed E-state index contributed by atoms with van der Waals surface area (Å²) in [5.41, 5.74) is 6.89. The monoisotopic (exact) mass is 389 g/mol. The van der Waals surface area contributed by atoms with Crippen molar-refractivity contribution in [3.8, 4) is 0 Å². The molecule has 4 nitrogen and oxygen atoms in total. The van der Waals surface area contributed by atoms with E-state index in [1.54, 1.807) is 6.07 Å². The maximum absolute atomic E-state index is 11.7. The molecule has 2 N–H and O–H groups in total. The van der Waals surface area contributed by atoms with Crippen LogP contribution in [0.4, 0.5) is 5.82 Å². The van der Waals surface area contributed by atoms with Gasteiger partial charge in [-0.2, -0.15) is 0 Å². The lowest BCUT2D eigenvalue weighted by atomic mass is 9.91. The summed E-state index contributed by atoms with van der Waals surface area (Å²) >= 11 is 0. The Hall–Kier alpha value is -1.58. The molecule has 0 bridgehead atoms. The van der Waals surface area contributed by atoms with Gasteiger partial charge in [0, 0.05) is 12.7 Å². The quantitative estimate of drug-likeness (QED) is 0.385. The smallest absolute Gasteiger partial charge is 0.349 e. The average molecular weight is 390 g/mol. The van der Waals surface area contributed by atoms with Gasteiger partial charge in [0.25, 0.3) is 0 Å². The third kappa shape index (κ3) is 10.7. The fourth-order valence-electron chi connectivity index (χ4n) is 3.69. The first-order valence-electron chi connectivity index (χ1n) is 11.3. The molecular formula is C24H43N3O. The van der Waals surface area contributed by atoms with Gasteiger partial charge < -0.3 is 5.73 Å². The van der Waals surface area contributed by atoms with Crippen molar-refractivity contribution in [3.05, 3.63) is 34.4 Å². The minimum atomic E-state index is -0.281. The summed E-state index contributed by atoms with van der Waals surface area (Å²) in [6.45, 7) is 12.1. The van der Waals surface area contributed by atoms with Crippen molar-refractivity contribution in [2.75, 3.05) is 5.73 Å². The maximum atomic E-state index is 11.7. The zero-order valence-electron chi connectivity index (χ0n) is 18.9. The van der Waals surface area contributed by atoms with Crippen LogP contribution in [-0.2, 0) is 6.54 Å². The molecule has 0 spiro atoms. The molecular weight excluding hydrogens is 346 g/mol. The van der Waals surface area contributed by atoms with Gasteiger partial charge in [-0.3, -0.25) is 4.57 Å². The highest BCUT2D eigenvalue weighted by Gasteiger charge is 2.07. The Labute approximate surface area is 172 Å². The molecule has 1 aromatic heterocycles. The predicted molar refractivity (Wildman–Crippen MR) is 121 cm³/mol. The normalized spacial score (nSPS) is 14.4. The van der Waals surface area contributed by atoms with E-state index in [0.29, 0.717) is 12.4 Å². The molecule has 0 fully saturated rings. The lowest BCUT2D eigenvalue weighted by Crippen LogP contribution is -2.24. The van der Waals surface area contributed by atoms with E-state index in [1.807, 2.05) is 0 Å². The van der Waals surface area contributed by atoms with Gasteiger partial charge in [-0.25, -0.2) is 9.78 Å². The van der Waals surface area contributed by atoms with Gasteiger partial charge in [0.2, 0.25) is 0 Å². The molecule has 28 heavy (non-hydrogen) atoms. The van der Waals surface area contributed by atoms with Crippen LogP contribution >= 0.6 is 0 Å². The second kappa shape index (κ2) is 13.6. The average Bonchev–Trinajstić information content (AvgIpc) is 2.61. The molecule has 0 aromatic carbocycles. The molecule has 0 aliphatic heterocycles. The fourth-order valence-corrected chi connectivity index (χ4v) is 3.69. The van der Waals surface area contributed by atoms with Crippen molar-refractivity contribution in [2.24, 2.45) is 17.8 Å². The molecule has 0 amide bonds. The highest BCUT2D eigenvalue weighted by Crippen LogP contribution is 2.22. The van der Waals surface area contributed by atoms with Gasteiger partial charge in [-0.05, 0) is 43.6 Å². The second-order valence-electron chi connectivity index (χ2n) is 9.17. The standard InChI is InChI=1S/C24H43N3O/c1-19(2)9-6-10-20(3)11-7-12-21(4)13-8-14-22(5)16-18-27-23(25)15-17-26-24(27)28/h15-17,19-21H,6-14,18,25H2,1-5H3/b22-16+. The van der Waals surface area contributed by atoms with E-state index in [1.165, 1.54) is 67.7 Å². The van der Waals surface area contributed by atoms with Crippen LogP contribution in [0.2, 0.25) is 0 Å². The Kier molecular flexibility index (Phi) is 11.9. The summed E-state index contributed by atoms with van der Waals surface area (Å²) in [5, 5.41) is 0. The zero-order chi connectivity index (χ0) is 20.9. The minimum Gasteiger partial charge on any atom is -0.385 e. The fraction of sp³-hybridized carbons (Fsp3) is 0.750. The first-order valence-corrected chi connectivity index (χ1v) is 11.3. The Balaban J connectivity index is 2.18. The Morgan fingerprint density at radius 3 is 2.18 bits per heavy atom. The van der Waals surface area contributed by atoms with E-state index in [0.717, 1.165) is 24.2 Å². The number of hydrogen-bond acceptors (Lipinski definition) is 3. The van der Waals surface area contributed by atoms with Crippen LogP contribution < -0.4 is 11.4 Å². The second-order valence-corrected chi connectivity index (χ2v) is 9.17. The van der Waals surface area contributed by atoms with Crippen LogP contribution in [0, 0.1) is 17.8 Å². The number of anilines is 1. The predicted octanol–water partition coefficient (Wildman–Crippen LogP) is 6.21. The SMILES string of the molecule is C/C(=C\Cn1c(N)ccnc1=O)CCCC(C)CCCC(C)CCCC(C)C. The number of hydrogen-bond donors (Lipinski definition) is 1. The largest absolute Gasteiger partial charge is 0.385 e. The summed E-state index contributed by atoms with van der Waals surface area (Å²) in [4.78, 5) is 15.5. The first-order chi connectivity index (χ1) is 13.3. The van der Waals surface area contributed by atoms with E-state index in [9.17, 15) is 4.79 Å². The zero-order valence-corrected chi connectivity index (χ0v) is 18.9. The Bertz CT molecular complexity index is 633. The van der Waals surface area contributed by atoms with Gasteiger partial charge in [0.05, 0.1) is 0 Å². The number of aromatic nitrogens is 2. The molecule has 160 valence electrons. The summed E-state index contributed by atoms with van der Waals surface area (Å²) in [6, 6.07) is 1.66. The molecule has 1 heterocycles. The number of nitrogens with zero attached hydrogens (tertiary/aromatic N) is 2. The summed E-state index contributed by atoms with van der Waals surface area (Å²) in [5.74, 6) is 2.98. The van der Waals surface area contributed by atoms with Gasteiger partial charge in [0.15, 0.2) is 0 Å². The van der Waals surface area contributed by atoms with Crippen molar-refractivity contribution in [2.45, 2.75) is 99.0 Å². The molecule has 1 aromatic rings. The van der Waals surface area contributed by atoms with Gasteiger partial charge in [-0.15, -0.1) is 0 Å². The summed E-state index contributed by atoms with van der Waals surface area (Å²) < 4.78 is 1.51. The molecule has 0 saturated heterocycles. The van der Waals surface area contributed by atoms with Gasteiger partial charge in [0.1, 0.15) is 5.82 Å². The molecule has 2 atom stereocenters. The number of rotatable bonds is 14. The van der Waals surface area contributed by atoms with Crippen molar-refractivity contribution in [1.29, 1.82) is 0 Å².